The first kappa shape index (κ1) is 65.8. The number of fused-ring (bicyclic) bond motifs is 4. The quantitative estimate of drug-likeness (QED) is 0.118. The Morgan fingerprint density at radius 2 is 0.433 bits per heavy atom. The first-order valence-electron chi connectivity index (χ1n) is 32.3. The van der Waals surface area contributed by atoms with Crippen molar-refractivity contribution in [3.05, 3.63) is 301 Å². The standard InChI is InChI=1S/C84H46F12N8/c85-81(86,87)59-25-13-23-57(40-59)77-78(58-24-14-26-60(41-58)82(88,89)90)103-71-45-54(32-37-67(71)99-77)53-31-36-66-70(44-53)102-76(75(98-66)49-19-8-3-9-20-49)56-22-12-21-50(39-56)51-29-34-64(84(94,95)96)62(42-51)80-79(61-27-10-11-28-63(61)83(91,92)93)100-68-38-33-55(46-72(68)104-80)52-30-35-65-69(43-52)101-74(48-17-6-2-7-18-48)73(97-65)47-15-4-1-5-16-47/h1-46H. The van der Waals surface area contributed by atoms with Gasteiger partial charge in [0.1, 0.15) is 0 Å². The van der Waals surface area contributed by atoms with E-state index < -0.39 is 69.5 Å². The normalized spacial score (nSPS) is 12.2. The van der Waals surface area contributed by atoms with E-state index in [0.717, 1.165) is 53.6 Å². The van der Waals surface area contributed by atoms with Crippen LogP contribution in [0.15, 0.2) is 279 Å². The number of alkyl halides is 12. The molecule has 0 unspecified atom stereocenters. The van der Waals surface area contributed by atoms with Crippen LogP contribution in [0.4, 0.5) is 52.7 Å². The Balaban J connectivity index is 0.813. The zero-order valence-corrected chi connectivity index (χ0v) is 53.7. The van der Waals surface area contributed by atoms with Gasteiger partial charge in [0.2, 0.25) is 0 Å². The van der Waals surface area contributed by atoms with E-state index in [4.69, 9.17) is 39.9 Å². The monoisotopic (exact) mass is 1390 g/mol. The topological polar surface area (TPSA) is 103 Å². The molecule has 0 fully saturated rings. The molecular formula is C84H46F12N8. The summed E-state index contributed by atoms with van der Waals surface area (Å²) in [5.41, 5.74) is 3.78. The summed E-state index contributed by atoms with van der Waals surface area (Å²) in [6.45, 7) is 0. The molecule has 16 aromatic rings. The molecule has 0 bridgehead atoms. The fourth-order valence-corrected chi connectivity index (χ4v) is 12.9. The van der Waals surface area contributed by atoms with Gasteiger partial charge in [0.15, 0.2) is 0 Å². The van der Waals surface area contributed by atoms with Crippen LogP contribution in [0.25, 0.3) is 168 Å². The van der Waals surface area contributed by atoms with Crippen LogP contribution in [-0.2, 0) is 24.7 Å². The van der Waals surface area contributed by atoms with Crippen molar-refractivity contribution in [3.63, 3.8) is 0 Å². The minimum Gasteiger partial charge on any atom is -0.244 e. The fourth-order valence-electron chi connectivity index (χ4n) is 12.9. The van der Waals surface area contributed by atoms with Gasteiger partial charge in [0.25, 0.3) is 0 Å². The Morgan fingerprint density at radius 1 is 0.163 bits per heavy atom. The number of hydrogen-bond donors (Lipinski definition) is 0. The van der Waals surface area contributed by atoms with Gasteiger partial charge in [-0.05, 0) is 130 Å². The lowest BCUT2D eigenvalue weighted by Gasteiger charge is -2.19. The molecule has 0 amide bonds. The molecule has 16 rings (SSSR count). The van der Waals surface area contributed by atoms with Gasteiger partial charge in [-0.15, -0.1) is 0 Å². The highest BCUT2D eigenvalue weighted by atomic mass is 19.4. The van der Waals surface area contributed by atoms with E-state index in [-0.39, 0.29) is 50.1 Å². The molecular weight excluding hydrogens is 1350 g/mol. The molecule has 0 aliphatic rings. The predicted molar refractivity (Wildman–Crippen MR) is 379 cm³/mol. The molecule has 0 saturated carbocycles. The van der Waals surface area contributed by atoms with Gasteiger partial charge in [-0.1, -0.05) is 182 Å². The third-order valence-electron chi connectivity index (χ3n) is 17.9. The summed E-state index contributed by atoms with van der Waals surface area (Å²) in [5.74, 6) is 0. The highest BCUT2D eigenvalue weighted by molar-refractivity contribution is 5.96. The highest BCUT2D eigenvalue weighted by Crippen LogP contribution is 2.47. The van der Waals surface area contributed by atoms with Crippen LogP contribution >= 0.6 is 0 Å². The summed E-state index contributed by atoms with van der Waals surface area (Å²) in [6, 6.07) is 72.2. The van der Waals surface area contributed by atoms with Gasteiger partial charge >= 0.3 is 24.7 Å². The summed E-state index contributed by atoms with van der Waals surface area (Å²) in [6.07, 6.45) is -19.5. The van der Waals surface area contributed by atoms with Gasteiger partial charge in [-0.3, -0.25) is 0 Å². The van der Waals surface area contributed by atoms with Gasteiger partial charge < -0.3 is 0 Å². The Labute approximate surface area is 583 Å². The number of rotatable bonds is 11. The van der Waals surface area contributed by atoms with E-state index >= 15 is 26.3 Å². The van der Waals surface area contributed by atoms with Crippen LogP contribution < -0.4 is 0 Å². The van der Waals surface area contributed by atoms with Gasteiger partial charge in [0, 0.05) is 44.5 Å². The Morgan fingerprint density at radius 3 is 0.827 bits per heavy atom. The molecule has 0 saturated heterocycles. The average Bonchev–Trinajstić information content (AvgIpc) is 0.748. The van der Waals surface area contributed by atoms with Crippen molar-refractivity contribution in [2.24, 2.45) is 0 Å². The fraction of sp³-hybridized carbons (Fsp3) is 0.0476. The SMILES string of the molecule is FC(F)(F)c1cccc(-c2nc3ccc(-c4ccc5nc(-c6ccccc6)c(-c6cccc(-c7ccc(C(F)(F)F)c(-c8nc9cc(-c%10ccc%11nc(-c%12ccccc%12)c(-c%12ccccc%12)nc%11c%10)ccc9nc8-c8ccccc8C(F)(F)F)c7)c6)nc5c4)cc3nc2-c2cccc(C(F)(F)F)c2)c1. The number of halogens is 12. The molecule has 8 nitrogen and oxygen atoms in total. The van der Waals surface area contributed by atoms with Gasteiger partial charge in [-0.25, -0.2) is 39.9 Å². The van der Waals surface area contributed by atoms with Crippen molar-refractivity contribution in [1.82, 2.24) is 39.9 Å². The van der Waals surface area contributed by atoms with Crippen LogP contribution in [-0.4, -0.2) is 39.9 Å². The highest BCUT2D eigenvalue weighted by Gasteiger charge is 2.39. The maximum absolute atomic E-state index is 15.8. The summed E-state index contributed by atoms with van der Waals surface area (Å²) < 4.78 is 177. The summed E-state index contributed by atoms with van der Waals surface area (Å²) >= 11 is 0. The third-order valence-corrected chi connectivity index (χ3v) is 17.9. The maximum Gasteiger partial charge on any atom is 0.417 e. The van der Waals surface area contributed by atoms with Crippen molar-refractivity contribution >= 4 is 44.1 Å². The summed E-state index contributed by atoms with van der Waals surface area (Å²) in [5, 5.41) is 0. The first-order chi connectivity index (χ1) is 50.0. The molecule has 4 heterocycles. The van der Waals surface area contributed by atoms with Crippen LogP contribution in [0.1, 0.15) is 22.3 Å². The molecule has 12 aromatic carbocycles. The molecule has 0 spiro atoms. The number of aromatic nitrogens is 8. The second-order valence-corrected chi connectivity index (χ2v) is 24.6. The van der Waals surface area contributed by atoms with Crippen LogP contribution in [0.5, 0.6) is 0 Å². The Kier molecular flexibility index (Phi) is 16.2. The van der Waals surface area contributed by atoms with Crippen molar-refractivity contribution in [1.29, 1.82) is 0 Å². The number of benzene rings is 12. The third kappa shape index (κ3) is 12.7. The van der Waals surface area contributed by atoms with Gasteiger partial charge in [0.05, 0.1) is 112 Å². The van der Waals surface area contributed by atoms with Crippen molar-refractivity contribution in [2.45, 2.75) is 24.7 Å². The van der Waals surface area contributed by atoms with Gasteiger partial charge in [-0.2, -0.15) is 52.7 Å². The molecule has 0 aliphatic carbocycles. The number of nitrogens with zero attached hydrogens (tertiary/aromatic N) is 8. The zero-order valence-electron chi connectivity index (χ0n) is 53.7. The lowest BCUT2D eigenvalue weighted by Crippen LogP contribution is -2.11. The predicted octanol–water partition coefficient (Wildman–Crippen LogP) is 23.9. The molecule has 0 N–H and O–H groups in total. The molecule has 20 heteroatoms. The van der Waals surface area contributed by atoms with E-state index in [1.807, 2.05) is 109 Å². The van der Waals surface area contributed by atoms with E-state index in [2.05, 4.69) is 0 Å². The molecule has 0 atom stereocenters. The van der Waals surface area contributed by atoms with Crippen LogP contribution in [0, 0.1) is 0 Å². The lowest BCUT2D eigenvalue weighted by atomic mass is 9.92. The Bertz CT molecular complexity index is 6060. The summed E-state index contributed by atoms with van der Waals surface area (Å²) in [7, 11) is 0. The van der Waals surface area contributed by atoms with E-state index in [1.54, 1.807) is 78.9 Å². The first-order valence-corrected chi connectivity index (χ1v) is 32.3. The second-order valence-electron chi connectivity index (χ2n) is 24.6. The van der Waals surface area contributed by atoms with Crippen molar-refractivity contribution in [3.8, 4) is 123 Å². The minimum atomic E-state index is -5.07. The zero-order chi connectivity index (χ0) is 71.8. The largest absolute Gasteiger partial charge is 0.417 e. The molecule has 0 radical (unpaired) electrons. The maximum atomic E-state index is 15.8. The van der Waals surface area contributed by atoms with E-state index in [9.17, 15) is 26.3 Å². The van der Waals surface area contributed by atoms with E-state index in [0.29, 0.717) is 83.8 Å². The van der Waals surface area contributed by atoms with Crippen molar-refractivity contribution < 1.29 is 52.7 Å². The molecule has 0 aliphatic heterocycles. The van der Waals surface area contributed by atoms with E-state index in [1.165, 1.54) is 48.5 Å². The second kappa shape index (κ2) is 25.7. The molecule has 104 heavy (non-hydrogen) atoms. The number of hydrogen-bond acceptors (Lipinski definition) is 8. The lowest BCUT2D eigenvalue weighted by molar-refractivity contribution is -0.138. The van der Waals surface area contributed by atoms with Crippen LogP contribution in [0.2, 0.25) is 0 Å². The molecule has 4 aromatic heterocycles. The van der Waals surface area contributed by atoms with Crippen LogP contribution in [0.3, 0.4) is 0 Å². The Hall–Kier alpha value is -12.8. The smallest absolute Gasteiger partial charge is 0.244 e. The minimum absolute atomic E-state index is 0.0279. The van der Waals surface area contributed by atoms with Crippen molar-refractivity contribution in [2.75, 3.05) is 0 Å². The average molecular weight is 1400 g/mol. The molecule has 506 valence electrons. The summed E-state index contributed by atoms with van der Waals surface area (Å²) in [4.78, 5) is 39.7.